The average Bonchev–Trinajstić information content (AvgIpc) is 2.25. The van der Waals surface area contributed by atoms with Crippen molar-refractivity contribution in [1.82, 2.24) is 0 Å². The Bertz CT molecular complexity index is 355. The van der Waals surface area contributed by atoms with Gasteiger partial charge < -0.3 is 9.84 Å². The highest BCUT2D eigenvalue weighted by Gasteiger charge is 2.31. The van der Waals surface area contributed by atoms with Crippen LogP contribution in [0.4, 0.5) is 13.2 Å². The topological polar surface area (TPSA) is 29.5 Å². The number of benzene rings is 1. The van der Waals surface area contributed by atoms with E-state index in [1.807, 2.05) is 0 Å². The lowest BCUT2D eigenvalue weighted by atomic mass is 9.96. The first-order chi connectivity index (χ1) is 7.77. The molecule has 0 bridgehead atoms. The van der Waals surface area contributed by atoms with Gasteiger partial charge in [0.15, 0.2) is 0 Å². The molecule has 1 aromatic carbocycles. The predicted octanol–water partition coefficient (Wildman–Crippen LogP) is 2.95. The number of hydrogen-bond acceptors (Lipinski definition) is 2. The van der Waals surface area contributed by atoms with E-state index in [9.17, 15) is 18.3 Å². The first kappa shape index (κ1) is 14.0. The van der Waals surface area contributed by atoms with Crippen LogP contribution in [0.1, 0.15) is 25.0 Å². The quantitative estimate of drug-likeness (QED) is 0.887. The van der Waals surface area contributed by atoms with Crippen LogP contribution in [0.25, 0.3) is 0 Å². The molecule has 96 valence electrons. The molecular weight excluding hydrogens is 233 g/mol. The maximum atomic E-state index is 12.3. The van der Waals surface area contributed by atoms with E-state index in [1.165, 1.54) is 19.1 Å². The number of rotatable bonds is 4. The molecule has 0 aliphatic rings. The Hall–Kier alpha value is -1.07. The molecule has 0 aromatic heterocycles. The zero-order valence-corrected chi connectivity index (χ0v) is 9.71. The van der Waals surface area contributed by atoms with Crippen LogP contribution in [0, 0.1) is 0 Å². The van der Waals surface area contributed by atoms with Crippen molar-refractivity contribution >= 4 is 0 Å². The zero-order chi connectivity index (χ0) is 13.1. The van der Waals surface area contributed by atoms with E-state index in [4.69, 9.17) is 4.74 Å². The smallest absolute Gasteiger partial charge is 0.383 e. The van der Waals surface area contributed by atoms with Crippen LogP contribution in [-0.4, -0.2) is 18.3 Å². The minimum atomic E-state index is -4.36. The molecule has 1 atom stereocenters. The van der Waals surface area contributed by atoms with E-state index in [1.54, 1.807) is 6.92 Å². The van der Waals surface area contributed by atoms with E-state index in [-0.39, 0.29) is 6.61 Å². The Morgan fingerprint density at radius 1 is 1.12 bits per heavy atom. The van der Waals surface area contributed by atoms with Gasteiger partial charge in [-0.1, -0.05) is 12.1 Å². The number of alkyl halides is 3. The highest BCUT2D eigenvalue weighted by Crippen LogP contribution is 2.31. The summed E-state index contributed by atoms with van der Waals surface area (Å²) >= 11 is 0. The molecule has 0 heterocycles. The Balaban J connectivity index is 2.87. The zero-order valence-electron chi connectivity index (χ0n) is 9.71. The maximum Gasteiger partial charge on any atom is 0.416 e. The largest absolute Gasteiger partial charge is 0.416 e. The first-order valence-corrected chi connectivity index (χ1v) is 5.25. The molecule has 0 saturated heterocycles. The SMILES string of the molecule is CCOCC(C)(O)c1ccc(C(F)(F)F)cc1. The summed E-state index contributed by atoms with van der Waals surface area (Å²) in [5.74, 6) is 0. The molecule has 1 aromatic rings. The lowest BCUT2D eigenvalue weighted by molar-refractivity contribution is -0.137. The third-order valence-corrected chi connectivity index (χ3v) is 2.42. The van der Waals surface area contributed by atoms with Crippen LogP contribution in [-0.2, 0) is 16.5 Å². The molecule has 1 unspecified atom stereocenters. The van der Waals surface area contributed by atoms with Crippen LogP contribution in [0.3, 0.4) is 0 Å². The summed E-state index contributed by atoms with van der Waals surface area (Å²) in [7, 11) is 0. The van der Waals surface area contributed by atoms with Crippen LogP contribution in [0.15, 0.2) is 24.3 Å². The van der Waals surface area contributed by atoms with E-state index in [0.29, 0.717) is 12.2 Å². The van der Waals surface area contributed by atoms with Crippen molar-refractivity contribution in [2.24, 2.45) is 0 Å². The molecule has 0 amide bonds. The number of aliphatic hydroxyl groups is 1. The lowest BCUT2D eigenvalue weighted by Crippen LogP contribution is -2.27. The van der Waals surface area contributed by atoms with Gasteiger partial charge in [0.05, 0.1) is 12.2 Å². The van der Waals surface area contributed by atoms with Gasteiger partial charge in [0.1, 0.15) is 5.60 Å². The Morgan fingerprint density at radius 2 is 1.59 bits per heavy atom. The first-order valence-electron chi connectivity index (χ1n) is 5.25. The third-order valence-electron chi connectivity index (χ3n) is 2.42. The van der Waals surface area contributed by atoms with Gasteiger partial charge in [-0.25, -0.2) is 0 Å². The number of halogens is 3. The van der Waals surface area contributed by atoms with Crippen molar-refractivity contribution in [3.8, 4) is 0 Å². The highest BCUT2D eigenvalue weighted by molar-refractivity contribution is 5.28. The predicted molar refractivity (Wildman–Crippen MR) is 57.5 cm³/mol. The van der Waals surface area contributed by atoms with E-state index in [2.05, 4.69) is 0 Å². The standard InChI is InChI=1S/C12H15F3O2/c1-3-17-8-11(2,16)9-4-6-10(7-5-9)12(13,14)15/h4-7,16H,3,8H2,1-2H3. The van der Waals surface area contributed by atoms with E-state index >= 15 is 0 Å². The molecule has 0 fully saturated rings. The molecule has 17 heavy (non-hydrogen) atoms. The van der Waals surface area contributed by atoms with Crippen molar-refractivity contribution in [3.63, 3.8) is 0 Å². The molecule has 0 radical (unpaired) electrons. The van der Waals surface area contributed by atoms with Crippen molar-refractivity contribution in [2.75, 3.05) is 13.2 Å². The summed E-state index contributed by atoms with van der Waals surface area (Å²) in [6, 6.07) is 4.44. The Kier molecular flexibility index (Phi) is 4.16. The average molecular weight is 248 g/mol. The van der Waals surface area contributed by atoms with Crippen molar-refractivity contribution in [1.29, 1.82) is 0 Å². The van der Waals surface area contributed by atoms with Crippen molar-refractivity contribution in [2.45, 2.75) is 25.6 Å². The summed E-state index contributed by atoms with van der Waals surface area (Å²) in [4.78, 5) is 0. The monoisotopic (exact) mass is 248 g/mol. The summed E-state index contributed by atoms with van der Waals surface area (Å²) in [6.07, 6.45) is -4.36. The Labute approximate surface area is 98.0 Å². The second kappa shape index (κ2) is 5.06. The van der Waals surface area contributed by atoms with Gasteiger partial charge in [0.25, 0.3) is 0 Å². The second-order valence-corrected chi connectivity index (χ2v) is 3.99. The lowest BCUT2D eigenvalue weighted by Gasteiger charge is -2.23. The van der Waals surface area contributed by atoms with Gasteiger partial charge in [-0.3, -0.25) is 0 Å². The third kappa shape index (κ3) is 3.71. The molecule has 2 nitrogen and oxygen atoms in total. The van der Waals surface area contributed by atoms with Gasteiger partial charge in [-0.05, 0) is 31.5 Å². The van der Waals surface area contributed by atoms with Crippen molar-refractivity contribution < 1.29 is 23.0 Å². The summed E-state index contributed by atoms with van der Waals surface area (Å²) < 4.78 is 42.1. The van der Waals surface area contributed by atoms with E-state index < -0.39 is 17.3 Å². The fourth-order valence-corrected chi connectivity index (χ4v) is 1.40. The summed E-state index contributed by atoms with van der Waals surface area (Å²) in [5.41, 5.74) is -1.60. The minimum absolute atomic E-state index is 0.0505. The number of ether oxygens (including phenoxy) is 1. The van der Waals surface area contributed by atoms with Gasteiger partial charge in [-0.15, -0.1) is 0 Å². The summed E-state index contributed by atoms with van der Waals surface area (Å²) in [5, 5.41) is 10.0. The minimum Gasteiger partial charge on any atom is -0.383 e. The molecule has 1 rings (SSSR count). The summed E-state index contributed by atoms with van der Waals surface area (Å²) in [6.45, 7) is 3.78. The van der Waals surface area contributed by atoms with Gasteiger partial charge in [-0.2, -0.15) is 13.2 Å². The van der Waals surface area contributed by atoms with Gasteiger partial charge in [0.2, 0.25) is 0 Å². The molecular formula is C12H15F3O2. The van der Waals surface area contributed by atoms with E-state index in [0.717, 1.165) is 12.1 Å². The molecule has 0 aliphatic heterocycles. The number of hydrogen-bond donors (Lipinski definition) is 1. The Morgan fingerprint density at radius 3 is 2.00 bits per heavy atom. The molecule has 0 saturated carbocycles. The maximum absolute atomic E-state index is 12.3. The fourth-order valence-electron chi connectivity index (χ4n) is 1.40. The molecule has 1 N–H and O–H groups in total. The van der Waals surface area contributed by atoms with Crippen LogP contribution >= 0.6 is 0 Å². The van der Waals surface area contributed by atoms with Crippen LogP contribution in [0.5, 0.6) is 0 Å². The normalized spacial score (nSPS) is 15.6. The second-order valence-electron chi connectivity index (χ2n) is 3.99. The molecule has 0 spiro atoms. The molecule has 5 heteroatoms. The van der Waals surface area contributed by atoms with Gasteiger partial charge >= 0.3 is 6.18 Å². The van der Waals surface area contributed by atoms with Crippen molar-refractivity contribution in [3.05, 3.63) is 35.4 Å². The van der Waals surface area contributed by atoms with Crippen LogP contribution in [0.2, 0.25) is 0 Å². The highest BCUT2D eigenvalue weighted by atomic mass is 19.4. The fraction of sp³-hybridized carbons (Fsp3) is 0.500. The molecule has 0 aliphatic carbocycles. The van der Waals surface area contributed by atoms with Gasteiger partial charge in [0, 0.05) is 6.61 Å². The van der Waals surface area contributed by atoms with Crippen LogP contribution < -0.4 is 0 Å².